The molecular formula is C18H24F3IN4OS. The molecule has 2 aromatic rings. The molecule has 0 saturated carbocycles. The van der Waals surface area contributed by atoms with Gasteiger partial charge in [-0.25, -0.2) is 4.98 Å². The van der Waals surface area contributed by atoms with Crippen molar-refractivity contribution in [2.24, 2.45) is 4.99 Å². The molecule has 0 unspecified atom stereocenters. The van der Waals surface area contributed by atoms with E-state index >= 15 is 0 Å². The zero-order valence-electron chi connectivity index (χ0n) is 15.9. The first kappa shape index (κ1) is 24.5. The van der Waals surface area contributed by atoms with Crippen molar-refractivity contribution in [2.45, 2.75) is 26.1 Å². The van der Waals surface area contributed by atoms with Gasteiger partial charge in [-0.2, -0.15) is 13.2 Å². The van der Waals surface area contributed by atoms with Crippen LogP contribution in [0.15, 0.2) is 34.6 Å². The fraction of sp³-hybridized carbons (Fsp3) is 0.444. The number of hydrogen-bond donors (Lipinski definition) is 1. The maximum atomic E-state index is 12.6. The van der Waals surface area contributed by atoms with Crippen molar-refractivity contribution in [2.75, 3.05) is 27.2 Å². The predicted molar refractivity (Wildman–Crippen MR) is 117 cm³/mol. The Morgan fingerprint density at radius 1 is 1.29 bits per heavy atom. The Hall–Kier alpha value is -1.56. The summed E-state index contributed by atoms with van der Waals surface area (Å²) in [6, 6.07) is 7.75. The Kier molecular flexibility index (Phi) is 10.0. The lowest BCUT2D eigenvalue weighted by molar-refractivity contribution is -0.140. The molecule has 0 radical (unpaired) electrons. The van der Waals surface area contributed by atoms with Crippen LogP contribution in [0, 0.1) is 0 Å². The minimum absolute atomic E-state index is 0. The van der Waals surface area contributed by atoms with Crippen LogP contribution in [-0.2, 0) is 19.1 Å². The highest BCUT2D eigenvalue weighted by atomic mass is 127. The highest BCUT2D eigenvalue weighted by molar-refractivity contribution is 14.0. The first-order valence-corrected chi connectivity index (χ1v) is 9.35. The monoisotopic (exact) mass is 528 g/mol. The third-order valence-electron chi connectivity index (χ3n) is 3.70. The molecule has 10 heteroatoms. The van der Waals surface area contributed by atoms with Crippen LogP contribution in [0.25, 0.3) is 0 Å². The van der Waals surface area contributed by atoms with Crippen LogP contribution in [-0.4, -0.2) is 43.1 Å². The van der Waals surface area contributed by atoms with Gasteiger partial charge >= 0.3 is 6.18 Å². The maximum absolute atomic E-state index is 12.6. The van der Waals surface area contributed by atoms with E-state index in [0.29, 0.717) is 37.0 Å². The van der Waals surface area contributed by atoms with Gasteiger partial charge in [-0.05, 0) is 24.6 Å². The van der Waals surface area contributed by atoms with Gasteiger partial charge in [0.05, 0.1) is 12.1 Å². The van der Waals surface area contributed by atoms with Crippen molar-refractivity contribution in [1.82, 2.24) is 15.2 Å². The third kappa shape index (κ3) is 7.46. The lowest BCUT2D eigenvalue weighted by atomic mass is 10.2. The Labute approximate surface area is 184 Å². The number of aliphatic imine (C=N–C) groups is 1. The molecule has 28 heavy (non-hydrogen) atoms. The summed E-state index contributed by atoms with van der Waals surface area (Å²) in [6.07, 6.45) is -4.03. The molecule has 1 heterocycles. The highest BCUT2D eigenvalue weighted by Crippen LogP contribution is 2.30. The summed E-state index contributed by atoms with van der Waals surface area (Å²) in [5.41, 5.74) is 0.258. The molecule has 0 fully saturated rings. The minimum atomic E-state index is -4.40. The fourth-order valence-electron chi connectivity index (χ4n) is 2.36. The highest BCUT2D eigenvalue weighted by Gasteiger charge is 2.33. The SMILES string of the molecule is CCNC(=NCCc1nc(C(F)(F)F)cs1)N(C)Cc1ccc(OC)cc1.I. The second-order valence-corrected chi connectivity index (χ2v) is 6.76. The van der Waals surface area contributed by atoms with Gasteiger partial charge in [0, 0.05) is 38.5 Å². The molecule has 0 bridgehead atoms. The zero-order valence-corrected chi connectivity index (χ0v) is 19.1. The van der Waals surface area contributed by atoms with Gasteiger partial charge in [0.1, 0.15) is 5.75 Å². The first-order valence-electron chi connectivity index (χ1n) is 8.47. The number of alkyl halides is 3. The molecule has 156 valence electrons. The Morgan fingerprint density at radius 2 is 1.96 bits per heavy atom. The molecule has 0 spiro atoms. The number of nitrogens with one attached hydrogen (secondary N) is 1. The van der Waals surface area contributed by atoms with Gasteiger partial charge in [-0.1, -0.05) is 12.1 Å². The van der Waals surface area contributed by atoms with E-state index in [0.717, 1.165) is 28.0 Å². The molecule has 1 aromatic heterocycles. The average molecular weight is 528 g/mol. The molecule has 0 atom stereocenters. The summed E-state index contributed by atoms with van der Waals surface area (Å²) in [4.78, 5) is 10.1. The number of guanidine groups is 1. The topological polar surface area (TPSA) is 49.8 Å². The number of nitrogens with zero attached hydrogens (tertiary/aromatic N) is 3. The van der Waals surface area contributed by atoms with Crippen LogP contribution >= 0.6 is 35.3 Å². The van der Waals surface area contributed by atoms with Gasteiger partial charge < -0.3 is 15.0 Å². The average Bonchev–Trinajstić information content (AvgIpc) is 3.11. The van der Waals surface area contributed by atoms with Crippen molar-refractivity contribution in [3.63, 3.8) is 0 Å². The second-order valence-electron chi connectivity index (χ2n) is 5.81. The van der Waals surface area contributed by atoms with Gasteiger partial charge in [0.15, 0.2) is 11.7 Å². The van der Waals surface area contributed by atoms with Crippen LogP contribution in [0.1, 0.15) is 23.2 Å². The molecular weight excluding hydrogens is 504 g/mol. The Morgan fingerprint density at radius 3 is 2.50 bits per heavy atom. The van der Waals surface area contributed by atoms with Crippen molar-refractivity contribution < 1.29 is 17.9 Å². The largest absolute Gasteiger partial charge is 0.497 e. The Bertz CT molecular complexity index is 750. The first-order chi connectivity index (χ1) is 12.8. The summed E-state index contributed by atoms with van der Waals surface area (Å²) in [6.45, 7) is 3.67. The summed E-state index contributed by atoms with van der Waals surface area (Å²) in [7, 11) is 3.54. The molecule has 2 rings (SSSR count). The number of hydrogen-bond acceptors (Lipinski definition) is 4. The van der Waals surface area contributed by atoms with Gasteiger partial charge in [-0.3, -0.25) is 4.99 Å². The van der Waals surface area contributed by atoms with Crippen molar-refractivity contribution in [1.29, 1.82) is 0 Å². The normalized spacial score (nSPS) is 11.7. The van der Waals surface area contributed by atoms with Crippen LogP contribution in [0.3, 0.4) is 0 Å². The zero-order chi connectivity index (χ0) is 19.9. The van der Waals surface area contributed by atoms with E-state index in [1.165, 1.54) is 0 Å². The van der Waals surface area contributed by atoms with E-state index in [2.05, 4.69) is 15.3 Å². The van der Waals surface area contributed by atoms with Crippen LogP contribution < -0.4 is 10.1 Å². The van der Waals surface area contributed by atoms with Crippen molar-refractivity contribution in [3.8, 4) is 5.75 Å². The van der Waals surface area contributed by atoms with Crippen molar-refractivity contribution >= 4 is 41.3 Å². The summed E-state index contributed by atoms with van der Waals surface area (Å²) >= 11 is 1.01. The van der Waals surface area contributed by atoms with Gasteiger partial charge in [0.25, 0.3) is 0 Å². The van der Waals surface area contributed by atoms with E-state index in [-0.39, 0.29) is 24.0 Å². The lowest BCUT2D eigenvalue weighted by Crippen LogP contribution is -2.38. The van der Waals surface area contributed by atoms with E-state index in [9.17, 15) is 13.2 Å². The van der Waals surface area contributed by atoms with Crippen LogP contribution in [0.4, 0.5) is 13.2 Å². The maximum Gasteiger partial charge on any atom is 0.434 e. The minimum Gasteiger partial charge on any atom is -0.497 e. The molecule has 0 saturated heterocycles. The lowest BCUT2D eigenvalue weighted by Gasteiger charge is -2.22. The molecule has 0 aliphatic heterocycles. The Balaban J connectivity index is 0.00000392. The molecule has 0 aliphatic carbocycles. The van der Waals surface area contributed by atoms with E-state index in [1.54, 1.807) is 7.11 Å². The molecule has 0 aliphatic rings. The van der Waals surface area contributed by atoms with Gasteiger partial charge in [0.2, 0.25) is 0 Å². The van der Waals surface area contributed by atoms with Crippen LogP contribution in [0.5, 0.6) is 5.75 Å². The summed E-state index contributed by atoms with van der Waals surface area (Å²) < 4.78 is 43.0. The molecule has 1 aromatic carbocycles. The number of ether oxygens (including phenoxy) is 1. The summed E-state index contributed by atoms with van der Waals surface area (Å²) in [5, 5.41) is 4.67. The molecule has 5 nitrogen and oxygen atoms in total. The fourth-order valence-corrected chi connectivity index (χ4v) is 3.16. The second kappa shape index (κ2) is 11.4. The van der Waals surface area contributed by atoms with E-state index in [4.69, 9.17) is 4.74 Å². The number of rotatable bonds is 7. The standard InChI is InChI=1S/C18H23F3N4OS.HI/c1-4-22-17(25(2)11-13-5-7-14(26-3)8-6-13)23-10-9-16-24-15(12-27-16)18(19,20)21;/h5-8,12H,4,9-11H2,1-3H3,(H,22,23);1H. The molecule has 1 N–H and O–H groups in total. The molecule has 0 amide bonds. The number of halogens is 4. The van der Waals surface area contributed by atoms with Crippen LogP contribution in [0.2, 0.25) is 0 Å². The van der Waals surface area contributed by atoms with Crippen molar-refractivity contribution in [3.05, 3.63) is 45.9 Å². The van der Waals surface area contributed by atoms with E-state index in [1.807, 2.05) is 43.1 Å². The number of thiazole rings is 1. The quantitative estimate of drug-likeness (QED) is 0.329. The smallest absolute Gasteiger partial charge is 0.434 e. The number of methoxy groups -OCH3 is 1. The van der Waals surface area contributed by atoms with Gasteiger partial charge in [-0.15, -0.1) is 35.3 Å². The number of benzene rings is 1. The van der Waals surface area contributed by atoms with E-state index < -0.39 is 11.9 Å². The third-order valence-corrected chi connectivity index (χ3v) is 4.61. The predicted octanol–water partition coefficient (Wildman–Crippen LogP) is 4.43. The number of aromatic nitrogens is 1. The summed E-state index contributed by atoms with van der Waals surface area (Å²) in [5.74, 6) is 1.49.